The summed E-state index contributed by atoms with van der Waals surface area (Å²) < 4.78 is 11.2. The SMILES string of the molecule is CCCCCCCCc1cc(OC(=O)c2ccc(OCCCCCC)cc2)ccc1C(=O)O. The van der Waals surface area contributed by atoms with Crippen molar-refractivity contribution in [3.05, 3.63) is 59.2 Å². The summed E-state index contributed by atoms with van der Waals surface area (Å²) in [5.74, 6) is -0.338. The first-order valence-corrected chi connectivity index (χ1v) is 12.4. The van der Waals surface area contributed by atoms with Crippen LogP contribution in [0, 0.1) is 0 Å². The zero-order chi connectivity index (χ0) is 23.9. The fraction of sp³-hybridized carbons (Fsp3) is 0.500. The third kappa shape index (κ3) is 9.68. The molecule has 0 saturated heterocycles. The highest BCUT2D eigenvalue weighted by atomic mass is 16.5. The molecule has 0 aromatic heterocycles. The van der Waals surface area contributed by atoms with Crippen molar-refractivity contribution in [1.29, 1.82) is 0 Å². The predicted molar refractivity (Wildman–Crippen MR) is 132 cm³/mol. The van der Waals surface area contributed by atoms with Gasteiger partial charge < -0.3 is 14.6 Å². The fourth-order valence-electron chi connectivity index (χ4n) is 3.72. The van der Waals surface area contributed by atoms with Crippen molar-refractivity contribution in [3.63, 3.8) is 0 Å². The highest BCUT2D eigenvalue weighted by Crippen LogP contribution is 2.22. The summed E-state index contributed by atoms with van der Waals surface area (Å²) in [7, 11) is 0. The standard InChI is InChI=1S/C28H38O5/c1-3-5-7-9-10-11-13-23-21-25(18-19-26(23)27(29)30)33-28(31)22-14-16-24(17-15-22)32-20-12-8-6-4-2/h14-19,21H,3-13,20H2,1-2H3,(H,29,30). The minimum absolute atomic E-state index is 0.267. The first kappa shape index (κ1) is 26.4. The van der Waals surface area contributed by atoms with Gasteiger partial charge in [0.2, 0.25) is 0 Å². The maximum Gasteiger partial charge on any atom is 0.343 e. The van der Waals surface area contributed by atoms with E-state index in [-0.39, 0.29) is 5.56 Å². The number of esters is 1. The molecule has 0 fully saturated rings. The molecule has 0 atom stereocenters. The summed E-state index contributed by atoms with van der Waals surface area (Å²) >= 11 is 0. The van der Waals surface area contributed by atoms with Crippen LogP contribution in [0.15, 0.2) is 42.5 Å². The van der Waals surface area contributed by atoms with Crippen LogP contribution < -0.4 is 9.47 Å². The van der Waals surface area contributed by atoms with E-state index in [2.05, 4.69) is 13.8 Å². The topological polar surface area (TPSA) is 72.8 Å². The Morgan fingerprint density at radius 1 is 0.758 bits per heavy atom. The number of unbranched alkanes of at least 4 members (excludes halogenated alkanes) is 8. The van der Waals surface area contributed by atoms with E-state index in [4.69, 9.17) is 9.47 Å². The van der Waals surface area contributed by atoms with E-state index in [0.717, 1.165) is 37.9 Å². The molecule has 2 aromatic rings. The molecule has 2 aromatic carbocycles. The first-order valence-electron chi connectivity index (χ1n) is 12.4. The number of benzene rings is 2. The number of hydrogen-bond acceptors (Lipinski definition) is 4. The van der Waals surface area contributed by atoms with Gasteiger partial charge in [-0.05, 0) is 67.3 Å². The molecule has 0 heterocycles. The Hall–Kier alpha value is -2.82. The Morgan fingerprint density at radius 2 is 1.36 bits per heavy atom. The zero-order valence-electron chi connectivity index (χ0n) is 20.1. The number of carbonyl (C=O) groups excluding carboxylic acids is 1. The molecule has 2 rings (SSSR count). The molecule has 0 radical (unpaired) electrons. The average molecular weight is 455 g/mol. The third-order valence-electron chi connectivity index (χ3n) is 5.67. The van der Waals surface area contributed by atoms with Gasteiger partial charge in [0.25, 0.3) is 0 Å². The van der Waals surface area contributed by atoms with Crippen molar-refractivity contribution in [2.75, 3.05) is 6.61 Å². The number of rotatable bonds is 16. The van der Waals surface area contributed by atoms with Crippen LogP contribution in [0.4, 0.5) is 0 Å². The van der Waals surface area contributed by atoms with Crippen LogP contribution in [0.5, 0.6) is 11.5 Å². The summed E-state index contributed by atoms with van der Waals surface area (Å²) in [5, 5.41) is 9.50. The molecular weight excluding hydrogens is 416 g/mol. The predicted octanol–water partition coefficient (Wildman–Crippen LogP) is 7.47. The van der Waals surface area contributed by atoms with Gasteiger partial charge in [-0.25, -0.2) is 9.59 Å². The molecule has 33 heavy (non-hydrogen) atoms. The molecule has 0 spiro atoms. The minimum Gasteiger partial charge on any atom is -0.494 e. The van der Waals surface area contributed by atoms with Crippen molar-refractivity contribution in [2.45, 2.75) is 84.5 Å². The molecule has 0 amide bonds. The molecule has 0 aliphatic carbocycles. The summed E-state index contributed by atoms with van der Waals surface area (Å²) in [4.78, 5) is 24.2. The number of carboxylic acids is 1. The van der Waals surface area contributed by atoms with Gasteiger partial charge in [-0.1, -0.05) is 65.2 Å². The molecule has 0 saturated carbocycles. The monoisotopic (exact) mass is 454 g/mol. The number of aryl methyl sites for hydroxylation is 1. The Balaban J connectivity index is 1.92. The van der Waals surface area contributed by atoms with Gasteiger partial charge in [0, 0.05) is 0 Å². The van der Waals surface area contributed by atoms with Crippen LogP contribution in [0.25, 0.3) is 0 Å². The highest BCUT2D eigenvalue weighted by Gasteiger charge is 2.14. The van der Waals surface area contributed by atoms with E-state index in [1.165, 1.54) is 38.2 Å². The Bertz CT molecular complexity index is 857. The minimum atomic E-state index is -0.959. The maximum absolute atomic E-state index is 12.6. The maximum atomic E-state index is 12.6. The Morgan fingerprint density at radius 3 is 2.03 bits per heavy atom. The van der Waals surface area contributed by atoms with Crippen LogP contribution in [0.2, 0.25) is 0 Å². The van der Waals surface area contributed by atoms with E-state index in [1.807, 2.05) is 0 Å². The quantitative estimate of drug-likeness (QED) is 0.162. The highest BCUT2D eigenvalue weighted by molar-refractivity contribution is 5.92. The summed E-state index contributed by atoms with van der Waals surface area (Å²) in [5.41, 5.74) is 1.40. The number of aromatic carboxylic acids is 1. The lowest BCUT2D eigenvalue weighted by molar-refractivity contribution is 0.0695. The normalized spacial score (nSPS) is 10.7. The van der Waals surface area contributed by atoms with Crippen LogP contribution in [0.3, 0.4) is 0 Å². The third-order valence-corrected chi connectivity index (χ3v) is 5.67. The van der Waals surface area contributed by atoms with Gasteiger partial charge in [-0.3, -0.25) is 0 Å². The first-order chi connectivity index (χ1) is 16.0. The number of ether oxygens (including phenoxy) is 2. The molecule has 0 aliphatic rings. The van der Waals surface area contributed by atoms with Gasteiger partial charge in [0.15, 0.2) is 0 Å². The van der Waals surface area contributed by atoms with Gasteiger partial charge in [-0.15, -0.1) is 0 Å². The van der Waals surface area contributed by atoms with Crippen LogP contribution >= 0.6 is 0 Å². The zero-order valence-corrected chi connectivity index (χ0v) is 20.1. The van der Waals surface area contributed by atoms with Crippen molar-refractivity contribution >= 4 is 11.9 Å². The second-order valence-electron chi connectivity index (χ2n) is 8.46. The lowest BCUT2D eigenvalue weighted by atomic mass is 10.00. The van der Waals surface area contributed by atoms with Crippen molar-refractivity contribution < 1.29 is 24.2 Å². The smallest absolute Gasteiger partial charge is 0.343 e. The van der Waals surface area contributed by atoms with Crippen LogP contribution in [-0.2, 0) is 6.42 Å². The van der Waals surface area contributed by atoms with E-state index in [1.54, 1.807) is 36.4 Å². The number of hydrogen-bond donors (Lipinski definition) is 1. The van der Waals surface area contributed by atoms with E-state index in [0.29, 0.717) is 29.9 Å². The van der Waals surface area contributed by atoms with Gasteiger partial charge in [0.05, 0.1) is 17.7 Å². The molecule has 0 bridgehead atoms. The molecule has 5 nitrogen and oxygen atoms in total. The van der Waals surface area contributed by atoms with Crippen molar-refractivity contribution in [1.82, 2.24) is 0 Å². The lowest BCUT2D eigenvalue weighted by Gasteiger charge is -2.10. The van der Waals surface area contributed by atoms with Crippen LogP contribution in [-0.4, -0.2) is 23.7 Å². The van der Waals surface area contributed by atoms with Crippen molar-refractivity contribution in [3.8, 4) is 11.5 Å². The molecule has 5 heteroatoms. The Kier molecular flexibility index (Phi) is 12.1. The van der Waals surface area contributed by atoms with E-state index >= 15 is 0 Å². The van der Waals surface area contributed by atoms with Gasteiger partial charge in [0.1, 0.15) is 11.5 Å². The largest absolute Gasteiger partial charge is 0.494 e. The average Bonchev–Trinajstić information content (AvgIpc) is 2.81. The molecule has 0 unspecified atom stereocenters. The molecule has 180 valence electrons. The number of carboxylic acid groups (broad SMARTS) is 1. The lowest BCUT2D eigenvalue weighted by Crippen LogP contribution is -2.10. The second-order valence-corrected chi connectivity index (χ2v) is 8.46. The van der Waals surface area contributed by atoms with Crippen molar-refractivity contribution in [2.24, 2.45) is 0 Å². The second kappa shape index (κ2) is 15.1. The Labute approximate surface area is 198 Å². The van der Waals surface area contributed by atoms with E-state index < -0.39 is 11.9 Å². The fourth-order valence-corrected chi connectivity index (χ4v) is 3.72. The van der Waals surface area contributed by atoms with E-state index in [9.17, 15) is 14.7 Å². The van der Waals surface area contributed by atoms with Crippen LogP contribution in [0.1, 0.15) is 104 Å². The molecular formula is C28H38O5. The van der Waals surface area contributed by atoms with Gasteiger partial charge >= 0.3 is 11.9 Å². The molecule has 1 N–H and O–H groups in total. The summed E-state index contributed by atoms with van der Waals surface area (Å²) in [6, 6.07) is 11.7. The summed E-state index contributed by atoms with van der Waals surface area (Å²) in [6.45, 7) is 5.03. The number of carbonyl (C=O) groups is 2. The summed E-state index contributed by atoms with van der Waals surface area (Å²) in [6.07, 6.45) is 12.0. The van der Waals surface area contributed by atoms with Gasteiger partial charge in [-0.2, -0.15) is 0 Å². The molecule has 0 aliphatic heterocycles.